The Morgan fingerprint density at radius 1 is 1.35 bits per heavy atom. The van der Waals surface area contributed by atoms with Gasteiger partial charge in [-0.25, -0.2) is 13.6 Å². The maximum atomic E-state index is 11.3. The van der Waals surface area contributed by atoms with Crippen LogP contribution < -0.4 is 21.5 Å². The van der Waals surface area contributed by atoms with Gasteiger partial charge in [0.05, 0.1) is 12.2 Å². The summed E-state index contributed by atoms with van der Waals surface area (Å²) in [6, 6.07) is 4.38. The summed E-state index contributed by atoms with van der Waals surface area (Å²) < 4.78 is 22.6. The van der Waals surface area contributed by atoms with Gasteiger partial charge < -0.3 is 16.4 Å². The van der Waals surface area contributed by atoms with Crippen LogP contribution >= 0.6 is 0 Å². The predicted octanol–water partition coefficient (Wildman–Crippen LogP) is 0.00800. The van der Waals surface area contributed by atoms with Gasteiger partial charge in [0, 0.05) is 12.2 Å². The van der Waals surface area contributed by atoms with Gasteiger partial charge in [-0.2, -0.15) is 0 Å². The number of primary sulfonamides is 1. The molecule has 0 fully saturated rings. The number of carbonyl (C=O) groups is 1. The zero-order chi connectivity index (χ0) is 15.3. The summed E-state index contributed by atoms with van der Waals surface area (Å²) in [4.78, 5) is 12.7. The number of unbranched alkanes of at least 4 members (excludes halogenated alkanes) is 1. The standard InChI is InChI=1S/C12H20N4O3S/c1-2-3-6-16(8-12(14)17)9-4-5-11(10(13)7-9)20(15,18)19/h4-5,7H,2-3,6,8,13H2,1H3,(H2,14,17)(H2,15,18,19). The van der Waals surface area contributed by atoms with Crippen LogP contribution in [0, 0.1) is 0 Å². The molecule has 20 heavy (non-hydrogen) atoms. The lowest BCUT2D eigenvalue weighted by Gasteiger charge is -2.23. The minimum atomic E-state index is -3.85. The maximum Gasteiger partial charge on any atom is 0.240 e. The van der Waals surface area contributed by atoms with Crippen LogP contribution in [-0.2, 0) is 14.8 Å². The van der Waals surface area contributed by atoms with Gasteiger partial charge in [0.1, 0.15) is 4.90 Å². The SMILES string of the molecule is CCCCN(CC(N)=O)c1ccc(S(N)(=O)=O)c(N)c1. The maximum absolute atomic E-state index is 11.3. The Kier molecular flexibility index (Phi) is 5.34. The average Bonchev–Trinajstić information content (AvgIpc) is 2.32. The van der Waals surface area contributed by atoms with E-state index in [0.717, 1.165) is 12.8 Å². The molecule has 1 amide bonds. The van der Waals surface area contributed by atoms with Crippen molar-refractivity contribution in [2.24, 2.45) is 10.9 Å². The first-order chi connectivity index (χ1) is 9.25. The summed E-state index contributed by atoms with van der Waals surface area (Å²) in [7, 11) is -3.85. The molecule has 0 heterocycles. The van der Waals surface area contributed by atoms with Crippen molar-refractivity contribution in [1.82, 2.24) is 0 Å². The first-order valence-corrected chi connectivity index (χ1v) is 7.76. The molecule has 0 atom stereocenters. The fourth-order valence-electron chi connectivity index (χ4n) is 1.83. The van der Waals surface area contributed by atoms with E-state index in [-0.39, 0.29) is 17.1 Å². The van der Waals surface area contributed by atoms with Crippen LogP contribution in [0.1, 0.15) is 19.8 Å². The molecule has 0 aromatic heterocycles. The quantitative estimate of drug-likeness (QED) is 0.610. The van der Waals surface area contributed by atoms with Gasteiger partial charge in [0.25, 0.3) is 0 Å². The molecule has 1 aromatic carbocycles. The molecule has 112 valence electrons. The van der Waals surface area contributed by atoms with E-state index in [1.165, 1.54) is 12.1 Å². The van der Waals surface area contributed by atoms with Crippen molar-refractivity contribution in [1.29, 1.82) is 0 Å². The van der Waals surface area contributed by atoms with E-state index in [9.17, 15) is 13.2 Å². The average molecular weight is 300 g/mol. The number of hydrogen-bond donors (Lipinski definition) is 3. The molecule has 1 rings (SSSR count). The molecule has 0 aliphatic carbocycles. The Balaban J connectivity index is 3.09. The second-order valence-electron chi connectivity index (χ2n) is 4.51. The number of primary amides is 1. The molecule has 0 saturated heterocycles. The fraction of sp³-hybridized carbons (Fsp3) is 0.417. The highest BCUT2D eigenvalue weighted by Crippen LogP contribution is 2.24. The summed E-state index contributed by atoms with van der Waals surface area (Å²) in [5.74, 6) is -0.463. The molecule has 0 bridgehead atoms. The molecule has 1 aromatic rings. The van der Waals surface area contributed by atoms with Gasteiger partial charge >= 0.3 is 0 Å². The minimum Gasteiger partial charge on any atom is -0.398 e. The summed E-state index contributed by atoms with van der Waals surface area (Å²) >= 11 is 0. The van der Waals surface area contributed by atoms with E-state index in [2.05, 4.69) is 0 Å². The molecular weight excluding hydrogens is 280 g/mol. The van der Waals surface area contributed by atoms with Crippen molar-refractivity contribution in [2.45, 2.75) is 24.7 Å². The lowest BCUT2D eigenvalue weighted by Crippen LogP contribution is -2.34. The second kappa shape index (κ2) is 6.58. The van der Waals surface area contributed by atoms with Crippen LogP contribution in [0.3, 0.4) is 0 Å². The third kappa shape index (κ3) is 4.39. The molecule has 8 heteroatoms. The van der Waals surface area contributed by atoms with Crippen molar-refractivity contribution in [3.05, 3.63) is 18.2 Å². The number of nitrogens with two attached hydrogens (primary N) is 3. The summed E-state index contributed by atoms with van der Waals surface area (Å²) in [5, 5.41) is 5.05. The largest absolute Gasteiger partial charge is 0.398 e. The highest BCUT2D eigenvalue weighted by molar-refractivity contribution is 7.89. The van der Waals surface area contributed by atoms with Crippen LogP contribution in [0.5, 0.6) is 0 Å². The molecule has 0 aliphatic rings. The number of anilines is 2. The van der Waals surface area contributed by atoms with Gasteiger partial charge in [-0.05, 0) is 24.6 Å². The van der Waals surface area contributed by atoms with E-state index in [1.807, 2.05) is 6.92 Å². The topological polar surface area (TPSA) is 133 Å². The summed E-state index contributed by atoms with van der Waals surface area (Å²) in [6.07, 6.45) is 1.84. The van der Waals surface area contributed by atoms with Crippen molar-refractivity contribution in [2.75, 3.05) is 23.7 Å². The number of sulfonamides is 1. The van der Waals surface area contributed by atoms with Crippen LogP contribution in [0.15, 0.2) is 23.1 Å². The highest BCUT2D eigenvalue weighted by atomic mass is 32.2. The first-order valence-electron chi connectivity index (χ1n) is 6.21. The number of nitrogen functional groups attached to an aromatic ring is 1. The van der Waals surface area contributed by atoms with Crippen molar-refractivity contribution >= 4 is 27.3 Å². The smallest absolute Gasteiger partial charge is 0.240 e. The van der Waals surface area contributed by atoms with E-state index >= 15 is 0 Å². The third-order valence-electron chi connectivity index (χ3n) is 2.79. The van der Waals surface area contributed by atoms with E-state index in [0.29, 0.717) is 12.2 Å². The predicted molar refractivity (Wildman–Crippen MR) is 78.5 cm³/mol. The Morgan fingerprint density at radius 3 is 2.45 bits per heavy atom. The van der Waals surface area contributed by atoms with Gasteiger partial charge in [0.2, 0.25) is 15.9 Å². The summed E-state index contributed by atoms with van der Waals surface area (Å²) in [6.45, 7) is 2.71. The van der Waals surface area contributed by atoms with Crippen molar-refractivity contribution < 1.29 is 13.2 Å². The Labute approximate surface area is 118 Å². The first kappa shape index (κ1) is 16.3. The van der Waals surface area contributed by atoms with Crippen molar-refractivity contribution in [3.8, 4) is 0 Å². The third-order valence-corrected chi connectivity index (χ3v) is 3.78. The Morgan fingerprint density at radius 2 is 2.00 bits per heavy atom. The molecule has 6 N–H and O–H groups in total. The van der Waals surface area contributed by atoms with Gasteiger partial charge in [-0.3, -0.25) is 4.79 Å². The number of rotatable bonds is 7. The number of nitrogens with zero attached hydrogens (tertiary/aromatic N) is 1. The normalized spacial score (nSPS) is 11.3. The van der Waals surface area contributed by atoms with Gasteiger partial charge in [-0.1, -0.05) is 13.3 Å². The Bertz CT molecular complexity index is 586. The minimum absolute atomic E-state index is 0.0498. The summed E-state index contributed by atoms with van der Waals surface area (Å²) in [5.41, 5.74) is 11.6. The molecule has 0 radical (unpaired) electrons. The van der Waals surface area contributed by atoms with E-state index in [1.54, 1.807) is 11.0 Å². The number of amides is 1. The number of benzene rings is 1. The van der Waals surface area contributed by atoms with Gasteiger partial charge in [-0.15, -0.1) is 0 Å². The van der Waals surface area contributed by atoms with Crippen LogP contribution in [-0.4, -0.2) is 27.4 Å². The molecule has 0 spiro atoms. The Hall–Kier alpha value is -1.80. The van der Waals surface area contributed by atoms with Crippen LogP contribution in [0.4, 0.5) is 11.4 Å². The van der Waals surface area contributed by atoms with Gasteiger partial charge in [0.15, 0.2) is 0 Å². The van der Waals surface area contributed by atoms with E-state index in [4.69, 9.17) is 16.6 Å². The molecule has 0 unspecified atom stereocenters. The lowest BCUT2D eigenvalue weighted by atomic mass is 10.2. The van der Waals surface area contributed by atoms with Crippen molar-refractivity contribution in [3.63, 3.8) is 0 Å². The number of carbonyl (C=O) groups excluding carboxylic acids is 1. The molecule has 0 saturated carbocycles. The van der Waals surface area contributed by atoms with Crippen LogP contribution in [0.25, 0.3) is 0 Å². The zero-order valence-electron chi connectivity index (χ0n) is 11.4. The lowest BCUT2D eigenvalue weighted by molar-refractivity contribution is -0.116. The van der Waals surface area contributed by atoms with Crippen LogP contribution in [0.2, 0.25) is 0 Å². The monoisotopic (exact) mass is 300 g/mol. The second-order valence-corrected chi connectivity index (χ2v) is 6.04. The molecular formula is C12H20N4O3S. The number of hydrogen-bond acceptors (Lipinski definition) is 5. The van der Waals surface area contributed by atoms with E-state index < -0.39 is 15.9 Å². The highest BCUT2D eigenvalue weighted by Gasteiger charge is 2.15. The molecule has 7 nitrogen and oxygen atoms in total. The zero-order valence-corrected chi connectivity index (χ0v) is 12.2. The molecule has 0 aliphatic heterocycles. The fourth-order valence-corrected chi connectivity index (χ4v) is 2.47.